The molecule has 1 aliphatic heterocycles. The lowest BCUT2D eigenvalue weighted by Crippen LogP contribution is -2.47. The summed E-state index contributed by atoms with van der Waals surface area (Å²) in [5, 5.41) is 0. The maximum absolute atomic E-state index is 2.69. The molecule has 0 radical (unpaired) electrons. The molecule has 2 fully saturated rings. The lowest BCUT2D eigenvalue weighted by atomic mass is 10.1. The molecule has 19 heavy (non-hydrogen) atoms. The number of aryl methyl sites for hydroxylation is 1. The Labute approximate surface area is 117 Å². The molecule has 0 atom stereocenters. The zero-order valence-electron chi connectivity index (χ0n) is 12.1. The van der Waals surface area contributed by atoms with E-state index in [1.54, 1.807) is 0 Å². The van der Waals surface area contributed by atoms with Crippen LogP contribution in [0.2, 0.25) is 0 Å². The highest BCUT2D eigenvalue weighted by Gasteiger charge is 2.22. The van der Waals surface area contributed by atoms with Crippen molar-refractivity contribution in [2.24, 2.45) is 5.92 Å². The molecule has 0 aromatic heterocycles. The van der Waals surface area contributed by atoms with Gasteiger partial charge in [0.25, 0.3) is 0 Å². The molecule has 0 amide bonds. The Morgan fingerprint density at radius 1 is 1.00 bits per heavy atom. The Bertz CT molecular complexity index is 401. The molecule has 2 aliphatic rings. The molecule has 1 aliphatic carbocycles. The smallest absolute Gasteiger partial charge is 0.0396 e. The van der Waals surface area contributed by atoms with E-state index in [1.165, 1.54) is 69.7 Å². The van der Waals surface area contributed by atoms with Crippen LogP contribution >= 0.6 is 0 Å². The number of hydrogen-bond donors (Lipinski definition) is 0. The van der Waals surface area contributed by atoms with Gasteiger partial charge in [0, 0.05) is 38.4 Å². The van der Waals surface area contributed by atoms with E-state index in [4.69, 9.17) is 0 Å². The van der Waals surface area contributed by atoms with Crippen LogP contribution in [0.3, 0.4) is 0 Å². The first kappa shape index (κ1) is 13.0. The molecule has 104 valence electrons. The van der Waals surface area contributed by atoms with Crippen LogP contribution in [-0.4, -0.2) is 37.6 Å². The van der Waals surface area contributed by atoms with Gasteiger partial charge in [-0.25, -0.2) is 0 Å². The van der Waals surface area contributed by atoms with E-state index in [2.05, 4.69) is 41.0 Å². The Balaban J connectivity index is 1.53. The highest BCUT2D eigenvalue weighted by Crippen LogP contribution is 2.26. The zero-order chi connectivity index (χ0) is 13.1. The molecule has 2 heteroatoms. The quantitative estimate of drug-likeness (QED) is 0.820. The topological polar surface area (TPSA) is 6.48 Å². The summed E-state index contributed by atoms with van der Waals surface area (Å²) >= 11 is 0. The van der Waals surface area contributed by atoms with E-state index in [9.17, 15) is 0 Å². The van der Waals surface area contributed by atoms with Crippen LogP contribution in [-0.2, 0) is 0 Å². The van der Waals surface area contributed by atoms with Crippen LogP contribution in [0.5, 0.6) is 0 Å². The molecule has 0 spiro atoms. The minimum Gasteiger partial charge on any atom is -0.369 e. The fourth-order valence-corrected chi connectivity index (χ4v) is 3.65. The minimum absolute atomic E-state index is 0.991. The number of hydrogen-bond acceptors (Lipinski definition) is 2. The Morgan fingerprint density at radius 2 is 1.68 bits per heavy atom. The molecular formula is C17H26N2. The van der Waals surface area contributed by atoms with Crippen LogP contribution in [0.25, 0.3) is 0 Å². The van der Waals surface area contributed by atoms with Crippen molar-refractivity contribution in [2.75, 3.05) is 37.6 Å². The van der Waals surface area contributed by atoms with Crippen LogP contribution in [0.1, 0.15) is 31.2 Å². The van der Waals surface area contributed by atoms with Crippen molar-refractivity contribution in [2.45, 2.75) is 32.6 Å². The van der Waals surface area contributed by atoms with E-state index in [0.717, 1.165) is 5.92 Å². The van der Waals surface area contributed by atoms with Gasteiger partial charge in [-0.2, -0.15) is 0 Å². The predicted octanol–water partition coefficient (Wildman–Crippen LogP) is 3.31. The van der Waals surface area contributed by atoms with Crippen molar-refractivity contribution in [1.29, 1.82) is 0 Å². The van der Waals surface area contributed by atoms with Crippen molar-refractivity contribution in [1.82, 2.24) is 4.90 Å². The normalized spacial score (nSPS) is 22.1. The van der Waals surface area contributed by atoms with E-state index in [1.807, 2.05) is 0 Å². The minimum atomic E-state index is 0.991. The maximum atomic E-state index is 2.69. The summed E-state index contributed by atoms with van der Waals surface area (Å²) in [6.07, 6.45) is 5.87. The first-order valence-corrected chi connectivity index (χ1v) is 7.86. The highest BCUT2D eigenvalue weighted by atomic mass is 15.3. The van der Waals surface area contributed by atoms with Gasteiger partial charge in [0.1, 0.15) is 0 Å². The molecule has 0 bridgehead atoms. The summed E-state index contributed by atoms with van der Waals surface area (Å²) in [5.41, 5.74) is 2.84. The van der Waals surface area contributed by atoms with Gasteiger partial charge in [0.15, 0.2) is 0 Å². The number of rotatable bonds is 3. The lowest BCUT2D eigenvalue weighted by molar-refractivity contribution is 0.220. The van der Waals surface area contributed by atoms with Gasteiger partial charge >= 0.3 is 0 Å². The highest BCUT2D eigenvalue weighted by molar-refractivity contribution is 5.53. The van der Waals surface area contributed by atoms with Crippen molar-refractivity contribution >= 4 is 5.69 Å². The summed E-state index contributed by atoms with van der Waals surface area (Å²) in [5.74, 6) is 0.991. The van der Waals surface area contributed by atoms with Crippen LogP contribution < -0.4 is 4.90 Å². The number of anilines is 1. The Hall–Kier alpha value is -1.02. The zero-order valence-corrected chi connectivity index (χ0v) is 12.1. The average Bonchev–Trinajstić information content (AvgIpc) is 2.93. The monoisotopic (exact) mass is 258 g/mol. The van der Waals surface area contributed by atoms with Gasteiger partial charge in [0.05, 0.1) is 0 Å². The second-order valence-corrected chi connectivity index (χ2v) is 6.22. The Kier molecular flexibility index (Phi) is 4.07. The molecule has 3 rings (SSSR count). The predicted molar refractivity (Wildman–Crippen MR) is 81.8 cm³/mol. The largest absolute Gasteiger partial charge is 0.369 e. The van der Waals surface area contributed by atoms with Gasteiger partial charge in [0.2, 0.25) is 0 Å². The second kappa shape index (κ2) is 5.96. The van der Waals surface area contributed by atoms with Crippen molar-refractivity contribution in [3.8, 4) is 0 Å². The third-order valence-electron chi connectivity index (χ3n) is 4.82. The number of piperazine rings is 1. The van der Waals surface area contributed by atoms with Gasteiger partial charge in [-0.3, -0.25) is 4.90 Å². The molecule has 0 unspecified atom stereocenters. The van der Waals surface area contributed by atoms with Gasteiger partial charge in [-0.15, -0.1) is 0 Å². The van der Waals surface area contributed by atoms with Crippen molar-refractivity contribution < 1.29 is 0 Å². The first-order chi connectivity index (χ1) is 9.33. The first-order valence-electron chi connectivity index (χ1n) is 7.86. The lowest BCUT2D eigenvalue weighted by Gasteiger charge is -2.37. The second-order valence-electron chi connectivity index (χ2n) is 6.22. The number of para-hydroxylation sites is 1. The van der Waals surface area contributed by atoms with Crippen LogP contribution in [0.15, 0.2) is 24.3 Å². The summed E-state index contributed by atoms with van der Waals surface area (Å²) in [6, 6.07) is 8.78. The fourth-order valence-electron chi connectivity index (χ4n) is 3.65. The summed E-state index contributed by atoms with van der Waals surface area (Å²) in [7, 11) is 0. The summed E-state index contributed by atoms with van der Waals surface area (Å²) < 4.78 is 0. The summed E-state index contributed by atoms with van der Waals surface area (Å²) in [4.78, 5) is 5.24. The van der Waals surface area contributed by atoms with E-state index in [-0.39, 0.29) is 0 Å². The molecule has 2 nitrogen and oxygen atoms in total. The number of nitrogens with zero attached hydrogens (tertiary/aromatic N) is 2. The molecule has 1 heterocycles. The third-order valence-corrected chi connectivity index (χ3v) is 4.82. The van der Waals surface area contributed by atoms with Crippen LogP contribution in [0.4, 0.5) is 5.69 Å². The SMILES string of the molecule is Cc1ccccc1N1CCN(CC2CCCC2)CC1. The van der Waals surface area contributed by atoms with Crippen molar-refractivity contribution in [3.05, 3.63) is 29.8 Å². The molecule has 1 saturated heterocycles. The third kappa shape index (κ3) is 3.11. The maximum Gasteiger partial charge on any atom is 0.0396 e. The molecular weight excluding hydrogens is 232 g/mol. The standard InChI is InChI=1S/C17H26N2/c1-15-6-2-5-9-17(15)19-12-10-18(11-13-19)14-16-7-3-4-8-16/h2,5-6,9,16H,3-4,7-8,10-14H2,1H3. The molecule has 0 N–H and O–H groups in total. The summed E-state index contributed by atoms with van der Waals surface area (Å²) in [6.45, 7) is 8.44. The van der Waals surface area contributed by atoms with Gasteiger partial charge in [-0.05, 0) is 37.3 Å². The van der Waals surface area contributed by atoms with E-state index in [0.29, 0.717) is 0 Å². The Morgan fingerprint density at radius 3 is 2.37 bits per heavy atom. The molecule has 1 saturated carbocycles. The van der Waals surface area contributed by atoms with E-state index >= 15 is 0 Å². The van der Waals surface area contributed by atoms with Gasteiger partial charge in [-0.1, -0.05) is 31.0 Å². The molecule has 1 aromatic carbocycles. The molecule has 1 aromatic rings. The van der Waals surface area contributed by atoms with Crippen LogP contribution in [0, 0.1) is 12.8 Å². The number of benzene rings is 1. The van der Waals surface area contributed by atoms with E-state index < -0.39 is 0 Å². The van der Waals surface area contributed by atoms with Gasteiger partial charge < -0.3 is 4.90 Å². The van der Waals surface area contributed by atoms with Crippen molar-refractivity contribution in [3.63, 3.8) is 0 Å². The fraction of sp³-hybridized carbons (Fsp3) is 0.647. The average molecular weight is 258 g/mol.